The number of thiazole rings is 1. The first-order chi connectivity index (χ1) is 15.0. The highest BCUT2D eigenvalue weighted by atomic mass is 32.1. The van der Waals surface area contributed by atoms with Gasteiger partial charge in [0, 0.05) is 16.3 Å². The van der Waals surface area contributed by atoms with E-state index >= 15 is 0 Å². The van der Waals surface area contributed by atoms with Crippen molar-refractivity contribution < 1.29 is 14.3 Å². The highest BCUT2D eigenvalue weighted by Crippen LogP contribution is 2.16. The van der Waals surface area contributed by atoms with E-state index in [9.17, 15) is 14.4 Å². The summed E-state index contributed by atoms with van der Waals surface area (Å²) >= 11 is 1.54. The molecule has 3 N–H and O–H groups in total. The number of carbonyl (C=O) groups is 2. The van der Waals surface area contributed by atoms with Gasteiger partial charge in [0.1, 0.15) is 12.4 Å². The van der Waals surface area contributed by atoms with Gasteiger partial charge in [-0.25, -0.2) is 10.1 Å². The summed E-state index contributed by atoms with van der Waals surface area (Å²) in [4.78, 5) is 41.1. The number of aryl methyl sites for hydroxylation is 1. The summed E-state index contributed by atoms with van der Waals surface area (Å²) < 4.78 is 5.68. The first-order valence-electron chi connectivity index (χ1n) is 9.23. The van der Waals surface area contributed by atoms with E-state index in [0.717, 1.165) is 10.7 Å². The van der Waals surface area contributed by atoms with Crippen LogP contribution in [0.5, 0.6) is 5.75 Å². The summed E-state index contributed by atoms with van der Waals surface area (Å²) in [6.45, 7) is 2.20. The highest BCUT2D eigenvalue weighted by Gasteiger charge is 2.15. The summed E-state index contributed by atoms with van der Waals surface area (Å²) in [6, 6.07) is 13.1. The van der Waals surface area contributed by atoms with Crippen LogP contribution in [0.2, 0.25) is 0 Å². The topological polar surface area (TPSA) is 126 Å². The summed E-state index contributed by atoms with van der Waals surface area (Å²) in [7, 11) is 0. The third-order valence-corrected chi connectivity index (χ3v) is 5.17. The average Bonchev–Trinajstić information content (AvgIpc) is 3.21. The zero-order valence-electron chi connectivity index (χ0n) is 16.3. The van der Waals surface area contributed by atoms with E-state index in [1.54, 1.807) is 48.5 Å². The van der Waals surface area contributed by atoms with Gasteiger partial charge >= 0.3 is 0 Å². The van der Waals surface area contributed by atoms with Gasteiger partial charge in [0.25, 0.3) is 17.4 Å². The second-order valence-corrected chi connectivity index (χ2v) is 7.59. The van der Waals surface area contributed by atoms with Crippen molar-refractivity contribution in [3.8, 4) is 5.75 Å². The van der Waals surface area contributed by atoms with Crippen molar-refractivity contribution in [1.29, 1.82) is 0 Å². The molecule has 31 heavy (non-hydrogen) atoms. The van der Waals surface area contributed by atoms with Gasteiger partial charge in [-0.05, 0) is 31.2 Å². The lowest BCUT2D eigenvalue weighted by molar-refractivity contribution is 0.0844. The number of H-pyrrole nitrogens is 1. The molecule has 2 amide bonds. The second-order valence-electron chi connectivity index (χ2n) is 6.53. The first kappa shape index (κ1) is 20.2. The number of aromatic nitrogens is 3. The van der Waals surface area contributed by atoms with Crippen molar-refractivity contribution >= 4 is 33.9 Å². The molecule has 2 aromatic carbocycles. The van der Waals surface area contributed by atoms with Crippen LogP contribution >= 0.6 is 11.3 Å². The van der Waals surface area contributed by atoms with E-state index in [1.165, 1.54) is 11.3 Å². The fourth-order valence-electron chi connectivity index (χ4n) is 2.89. The third-order valence-electron chi connectivity index (χ3n) is 4.35. The summed E-state index contributed by atoms with van der Waals surface area (Å²) in [6.07, 6.45) is 0. The van der Waals surface area contributed by atoms with Crippen LogP contribution in [0.1, 0.15) is 31.5 Å². The van der Waals surface area contributed by atoms with Crippen LogP contribution in [0.15, 0.2) is 58.7 Å². The Morgan fingerprint density at radius 2 is 1.84 bits per heavy atom. The molecule has 0 aliphatic carbocycles. The molecule has 0 aliphatic rings. The number of hydrazine groups is 1. The monoisotopic (exact) mass is 435 g/mol. The Balaban J connectivity index is 1.41. The lowest BCUT2D eigenvalue weighted by Crippen LogP contribution is -2.42. The van der Waals surface area contributed by atoms with Gasteiger partial charge < -0.3 is 4.74 Å². The molecule has 0 atom stereocenters. The van der Waals surface area contributed by atoms with Crippen LogP contribution in [-0.2, 0) is 6.61 Å². The van der Waals surface area contributed by atoms with Crippen LogP contribution in [0.4, 0.5) is 0 Å². The minimum atomic E-state index is -0.660. The minimum absolute atomic E-state index is 0.00820. The number of ether oxygens (including phenoxy) is 1. The minimum Gasteiger partial charge on any atom is -0.487 e. The summed E-state index contributed by atoms with van der Waals surface area (Å²) in [5.74, 6) is -0.693. The number of nitrogens with one attached hydrogen (secondary N) is 3. The van der Waals surface area contributed by atoms with Crippen LogP contribution < -0.4 is 21.1 Å². The second kappa shape index (κ2) is 8.76. The number of aromatic amines is 1. The zero-order valence-corrected chi connectivity index (χ0v) is 17.2. The number of fused-ring (bicyclic) bond motifs is 1. The van der Waals surface area contributed by atoms with Gasteiger partial charge in [0.15, 0.2) is 5.69 Å². The molecule has 2 aromatic heterocycles. The number of nitrogens with zero attached hydrogens (tertiary/aromatic N) is 2. The fraction of sp³-hybridized carbons (Fsp3) is 0.0952. The van der Waals surface area contributed by atoms with Crippen LogP contribution in [0, 0.1) is 6.92 Å². The van der Waals surface area contributed by atoms with Crippen molar-refractivity contribution in [1.82, 2.24) is 26.0 Å². The Labute approximate surface area is 180 Å². The maximum atomic E-state index is 12.5. The third kappa shape index (κ3) is 4.59. The largest absolute Gasteiger partial charge is 0.487 e. The lowest BCUT2D eigenvalue weighted by atomic mass is 10.1. The summed E-state index contributed by atoms with van der Waals surface area (Å²) in [5.41, 5.74) is 5.36. The number of amides is 2. The molecule has 9 nitrogen and oxygen atoms in total. The lowest BCUT2D eigenvalue weighted by Gasteiger charge is -2.10. The molecule has 0 unspecified atom stereocenters. The van der Waals surface area contributed by atoms with E-state index < -0.39 is 17.4 Å². The van der Waals surface area contributed by atoms with Crippen molar-refractivity contribution in [3.63, 3.8) is 0 Å². The maximum absolute atomic E-state index is 12.5. The summed E-state index contributed by atoms with van der Waals surface area (Å²) in [5, 5.41) is 9.65. The quantitative estimate of drug-likeness (QED) is 0.413. The predicted octanol–water partition coefficient (Wildman–Crippen LogP) is 2.34. The van der Waals surface area contributed by atoms with Crippen LogP contribution in [-0.4, -0.2) is 27.0 Å². The standard InChI is InChI=1S/C21H17N5O4S/c1-12-22-14(11-31-12)10-30-15-6-4-5-13(9-15)19(27)24-26-21(29)18-16-7-2-3-8-17(16)20(28)25-23-18/h2-9,11H,10H2,1H3,(H,24,27)(H,25,28)(H,26,29). The number of benzene rings is 2. The molecular weight excluding hydrogens is 418 g/mol. The SMILES string of the molecule is Cc1nc(COc2cccc(C(=O)NNC(=O)c3n[nH]c(=O)c4ccccc34)c2)cs1. The van der Waals surface area contributed by atoms with Crippen LogP contribution in [0.25, 0.3) is 10.8 Å². The molecule has 0 bridgehead atoms. The van der Waals surface area contributed by atoms with Crippen molar-refractivity contribution in [2.24, 2.45) is 0 Å². The predicted molar refractivity (Wildman–Crippen MR) is 115 cm³/mol. The number of hydrogen-bond acceptors (Lipinski definition) is 7. The van der Waals surface area contributed by atoms with Gasteiger partial charge in [0.2, 0.25) is 0 Å². The fourth-order valence-corrected chi connectivity index (χ4v) is 3.49. The Bertz CT molecular complexity index is 1330. The van der Waals surface area contributed by atoms with E-state index in [2.05, 4.69) is 26.0 Å². The number of rotatable bonds is 5. The number of hydrogen-bond donors (Lipinski definition) is 3. The van der Waals surface area contributed by atoms with E-state index in [0.29, 0.717) is 22.1 Å². The molecule has 0 saturated carbocycles. The smallest absolute Gasteiger partial charge is 0.290 e. The number of carbonyl (C=O) groups excluding carboxylic acids is 2. The Morgan fingerprint density at radius 3 is 2.61 bits per heavy atom. The molecule has 0 saturated heterocycles. The molecule has 4 rings (SSSR count). The first-order valence-corrected chi connectivity index (χ1v) is 10.1. The maximum Gasteiger partial charge on any atom is 0.290 e. The Morgan fingerprint density at radius 1 is 1.06 bits per heavy atom. The zero-order chi connectivity index (χ0) is 21.8. The van der Waals surface area contributed by atoms with Crippen LogP contribution in [0.3, 0.4) is 0 Å². The van der Waals surface area contributed by atoms with E-state index in [1.807, 2.05) is 12.3 Å². The molecule has 0 radical (unpaired) electrons. The molecule has 0 aliphatic heterocycles. The highest BCUT2D eigenvalue weighted by molar-refractivity contribution is 7.09. The van der Waals surface area contributed by atoms with Gasteiger partial charge in [0.05, 0.1) is 16.1 Å². The average molecular weight is 435 g/mol. The normalized spacial score (nSPS) is 10.6. The van der Waals surface area contributed by atoms with Gasteiger partial charge in [-0.1, -0.05) is 24.3 Å². The van der Waals surface area contributed by atoms with Gasteiger partial charge in [-0.2, -0.15) is 5.10 Å². The van der Waals surface area contributed by atoms with E-state index in [-0.39, 0.29) is 12.3 Å². The van der Waals surface area contributed by atoms with Gasteiger partial charge in [-0.3, -0.25) is 25.2 Å². The van der Waals surface area contributed by atoms with Crippen molar-refractivity contribution in [2.45, 2.75) is 13.5 Å². The molecule has 10 heteroatoms. The van der Waals surface area contributed by atoms with E-state index in [4.69, 9.17) is 4.74 Å². The van der Waals surface area contributed by atoms with Crippen molar-refractivity contribution in [3.05, 3.63) is 86.2 Å². The Hall–Kier alpha value is -4.05. The van der Waals surface area contributed by atoms with Crippen molar-refractivity contribution in [2.75, 3.05) is 0 Å². The molecular formula is C21H17N5O4S. The molecule has 0 spiro atoms. The Kier molecular flexibility index (Phi) is 5.72. The molecule has 2 heterocycles. The molecule has 4 aromatic rings. The van der Waals surface area contributed by atoms with Gasteiger partial charge in [-0.15, -0.1) is 11.3 Å². The molecule has 0 fully saturated rings. The molecule has 156 valence electrons.